The van der Waals surface area contributed by atoms with Gasteiger partial charge in [0.25, 0.3) is 10.0 Å². The maximum Gasteiger partial charge on any atom is 0.265 e. The van der Waals surface area contributed by atoms with Crippen LogP contribution < -0.4 is 28.6 Å². The normalized spacial score (nSPS) is 11.7. The molecule has 0 unspecified atom stereocenters. The molecular weight excluding hydrogens is 630 g/mol. The minimum atomic E-state index is -4.42. The van der Waals surface area contributed by atoms with Gasteiger partial charge in [0.15, 0.2) is 11.5 Å². The van der Waals surface area contributed by atoms with E-state index in [4.69, 9.17) is 18.9 Å². The fourth-order valence-corrected chi connectivity index (χ4v) is 5.88. The summed E-state index contributed by atoms with van der Waals surface area (Å²) >= 11 is 3.39. The highest BCUT2D eigenvalue weighted by Gasteiger charge is 2.34. The second-order valence-electron chi connectivity index (χ2n) is 9.00. The van der Waals surface area contributed by atoms with Crippen LogP contribution in [0.15, 0.2) is 70.0 Å². The van der Waals surface area contributed by atoms with E-state index >= 15 is 0 Å². The number of nitrogens with one attached hydrogen (secondary N) is 1. The Kier molecular flexibility index (Phi) is 11.1. The van der Waals surface area contributed by atoms with Gasteiger partial charge in [0.05, 0.1) is 39.0 Å². The number of methoxy groups -OCH3 is 4. The molecular formula is C29H34BrN3O8S. The quantitative estimate of drug-likeness (QED) is 0.293. The zero-order valence-electron chi connectivity index (χ0n) is 24.2. The Morgan fingerprint density at radius 2 is 1.48 bits per heavy atom. The number of carbonyl (C=O) groups excluding carboxylic acids is 2. The van der Waals surface area contributed by atoms with Crippen molar-refractivity contribution in [2.45, 2.75) is 24.4 Å². The summed E-state index contributed by atoms with van der Waals surface area (Å²) in [5.74, 6) is 0.0185. The first-order valence-corrected chi connectivity index (χ1v) is 15.0. The Labute approximate surface area is 254 Å². The van der Waals surface area contributed by atoms with Crippen molar-refractivity contribution < 1.29 is 37.0 Å². The van der Waals surface area contributed by atoms with Crippen LogP contribution in [-0.2, 0) is 26.2 Å². The molecule has 1 N–H and O–H groups in total. The second kappa shape index (κ2) is 14.3. The van der Waals surface area contributed by atoms with E-state index in [1.807, 2.05) is 24.3 Å². The SMILES string of the molecule is CNC(=O)[C@H](C)N(Cc1ccc(Br)cc1)C(=O)CN(c1cc(OC)ccc1OC)S(=O)(=O)c1ccc(OC)c(OC)c1. The van der Waals surface area contributed by atoms with Crippen molar-refractivity contribution in [1.29, 1.82) is 0 Å². The molecule has 0 saturated heterocycles. The van der Waals surface area contributed by atoms with Crippen LogP contribution >= 0.6 is 15.9 Å². The van der Waals surface area contributed by atoms with Crippen molar-refractivity contribution in [2.75, 3.05) is 46.3 Å². The van der Waals surface area contributed by atoms with Gasteiger partial charge < -0.3 is 29.2 Å². The Bertz CT molecular complexity index is 1520. The van der Waals surface area contributed by atoms with Gasteiger partial charge in [0, 0.05) is 30.2 Å². The highest BCUT2D eigenvalue weighted by atomic mass is 79.9. The number of ether oxygens (including phenoxy) is 4. The predicted molar refractivity (Wildman–Crippen MR) is 162 cm³/mol. The number of likely N-dealkylation sites (N-methyl/N-ethyl adjacent to an activating group) is 1. The van der Waals surface area contributed by atoms with E-state index in [1.54, 1.807) is 19.1 Å². The number of nitrogens with zero attached hydrogens (tertiary/aromatic N) is 2. The van der Waals surface area contributed by atoms with Crippen LogP contribution in [0.3, 0.4) is 0 Å². The molecule has 42 heavy (non-hydrogen) atoms. The third-order valence-electron chi connectivity index (χ3n) is 6.56. The lowest BCUT2D eigenvalue weighted by atomic mass is 10.1. The summed E-state index contributed by atoms with van der Waals surface area (Å²) in [4.78, 5) is 27.9. The number of amides is 2. The number of benzene rings is 3. The van der Waals surface area contributed by atoms with Crippen LogP contribution in [0.4, 0.5) is 5.69 Å². The average molecular weight is 665 g/mol. The summed E-state index contributed by atoms with van der Waals surface area (Å²) in [6, 6.07) is 15.1. The van der Waals surface area contributed by atoms with Crippen molar-refractivity contribution in [3.05, 3.63) is 70.7 Å². The van der Waals surface area contributed by atoms with Crippen molar-refractivity contribution >= 4 is 43.5 Å². The van der Waals surface area contributed by atoms with Crippen molar-refractivity contribution in [3.8, 4) is 23.0 Å². The van der Waals surface area contributed by atoms with Crippen LogP contribution in [-0.4, -0.2) is 73.2 Å². The minimum Gasteiger partial charge on any atom is -0.497 e. The lowest BCUT2D eigenvalue weighted by molar-refractivity contribution is -0.139. The number of rotatable bonds is 13. The Balaban J connectivity index is 2.17. The van der Waals surface area contributed by atoms with E-state index in [0.717, 1.165) is 14.3 Å². The molecule has 3 aromatic carbocycles. The molecule has 0 radical (unpaired) electrons. The summed E-state index contributed by atoms with van der Waals surface area (Å²) in [6.07, 6.45) is 0. The smallest absolute Gasteiger partial charge is 0.265 e. The predicted octanol–water partition coefficient (Wildman–Crippen LogP) is 3.84. The van der Waals surface area contributed by atoms with Gasteiger partial charge in [-0.1, -0.05) is 28.1 Å². The highest BCUT2D eigenvalue weighted by Crippen LogP contribution is 2.37. The van der Waals surface area contributed by atoms with E-state index in [9.17, 15) is 18.0 Å². The zero-order chi connectivity index (χ0) is 31.0. The summed E-state index contributed by atoms with van der Waals surface area (Å²) in [5.41, 5.74) is 0.812. The van der Waals surface area contributed by atoms with Gasteiger partial charge >= 0.3 is 0 Å². The zero-order valence-corrected chi connectivity index (χ0v) is 26.6. The highest BCUT2D eigenvalue weighted by molar-refractivity contribution is 9.10. The molecule has 0 aromatic heterocycles. The number of halogens is 1. The van der Waals surface area contributed by atoms with Gasteiger partial charge in [-0.3, -0.25) is 13.9 Å². The maximum atomic E-state index is 14.3. The molecule has 2 amide bonds. The summed E-state index contributed by atoms with van der Waals surface area (Å²) < 4.78 is 51.7. The minimum absolute atomic E-state index is 0.0557. The molecule has 3 aromatic rings. The molecule has 0 bridgehead atoms. The van der Waals surface area contributed by atoms with Gasteiger partial charge in [-0.05, 0) is 48.9 Å². The fraction of sp³-hybridized carbons (Fsp3) is 0.310. The largest absolute Gasteiger partial charge is 0.497 e. The molecule has 0 fully saturated rings. The number of sulfonamides is 1. The van der Waals surface area contributed by atoms with Crippen LogP contribution in [0.1, 0.15) is 12.5 Å². The van der Waals surface area contributed by atoms with E-state index in [1.165, 1.54) is 64.7 Å². The molecule has 0 aliphatic heterocycles. The lowest BCUT2D eigenvalue weighted by Crippen LogP contribution is -2.50. The molecule has 0 spiro atoms. The molecule has 0 heterocycles. The van der Waals surface area contributed by atoms with E-state index < -0.39 is 34.4 Å². The van der Waals surface area contributed by atoms with Gasteiger partial charge in [0.1, 0.15) is 24.1 Å². The number of anilines is 1. The van der Waals surface area contributed by atoms with Gasteiger partial charge in [-0.25, -0.2) is 8.42 Å². The molecule has 11 nitrogen and oxygen atoms in total. The molecule has 13 heteroatoms. The molecule has 0 aliphatic rings. The third kappa shape index (κ3) is 7.26. The third-order valence-corrected chi connectivity index (χ3v) is 8.84. The van der Waals surface area contributed by atoms with Crippen LogP contribution in [0.25, 0.3) is 0 Å². The number of hydrogen-bond acceptors (Lipinski definition) is 8. The van der Waals surface area contributed by atoms with Crippen molar-refractivity contribution in [3.63, 3.8) is 0 Å². The van der Waals surface area contributed by atoms with Crippen molar-refractivity contribution in [2.24, 2.45) is 0 Å². The van der Waals surface area contributed by atoms with Crippen molar-refractivity contribution in [1.82, 2.24) is 10.2 Å². The molecule has 1 atom stereocenters. The first-order chi connectivity index (χ1) is 20.0. The fourth-order valence-electron chi connectivity index (χ4n) is 4.19. The number of hydrogen-bond donors (Lipinski definition) is 1. The standard InChI is InChI=1S/C29H34BrN3O8S/c1-19(29(35)31-2)32(17-20-7-9-21(30)10-8-20)28(34)18-33(24-15-22(38-3)11-13-25(24)39-4)42(36,37)23-12-14-26(40-5)27(16-23)41-6/h7-16,19H,17-18H2,1-6H3,(H,31,35)/t19-/m0/s1. The maximum absolute atomic E-state index is 14.3. The van der Waals surface area contributed by atoms with Gasteiger partial charge in [-0.2, -0.15) is 0 Å². The number of carbonyl (C=O) groups is 2. The molecule has 0 saturated carbocycles. The van der Waals surface area contributed by atoms with E-state index in [2.05, 4.69) is 21.2 Å². The summed E-state index contributed by atoms with van der Waals surface area (Å²) in [5, 5.41) is 2.56. The summed E-state index contributed by atoms with van der Waals surface area (Å²) in [6.45, 7) is 0.979. The first-order valence-electron chi connectivity index (χ1n) is 12.7. The molecule has 3 rings (SSSR count). The summed E-state index contributed by atoms with van der Waals surface area (Å²) in [7, 11) is 2.70. The monoisotopic (exact) mass is 663 g/mol. The van der Waals surface area contributed by atoms with E-state index in [0.29, 0.717) is 11.5 Å². The molecule has 226 valence electrons. The second-order valence-corrected chi connectivity index (χ2v) is 11.8. The Morgan fingerprint density at radius 1 is 0.857 bits per heavy atom. The van der Waals surface area contributed by atoms with E-state index in [-0.39, 0.29) is 28.6 Å². The van der Waals surface area contributed by atoms with Gasteiger partial charge in [-0.15, -0.1) is 0 Å². The van der Waals surface area contributed by atoms with Gasteiger partial charge in [0.2, 0.25) is 11.8 Å². The van der Waals surface area contributed by atoms with Crippen LogP contribution in [0.5, 0.6) is 23.0 Å². The van der Waals surface area contributed by atoms with Crippen LogP contribution in [0, 0.1) is 0 Å². The lowest BCUT2D eigenvalue weighted by Gasteiger charge is -2.32. The first kappa shape index (κ1) is 32.5. The Morgan fingerprint density at radius 3 is 2.05 bits per heavy atom. The average Bonchev–Trinajstić information content (AvgIpc) is 3.01. The topological polar surface area (TPSA) is 124 Å². The van der Waals surface area contributed by atoms with Crippen LogP contribution in [0.2, 0.25) is 0 Å². The molecule has 0 aliphatic carbocycles. The Hall–Kier alpha value is -3.97.